The van der Waals surface area contributed by atoms with Crippen molar-refractivity contribution in [2.24, 2.45) is 4.99 Å². The van der Waals surface area contributed by atoms with Gasteiger partial charge in [-0.25, -0.2) is 0 Å². The van der Waals surface area contributed by atoms with E-state index in [1.54, 1.807) is 26.0 Å². The number of carbonyl (C=O) groups excluding carboxylic acids is 1. The van der Waals surface area contributed by atoms with Gasteiger partial charge in [-0.1, -0.05) is 6.92 Å². The number of guanidine groups is 1. The Bertz CT molecular complexity index is 341. The summed E-state index contributed by atoms with van der Waals surface area (Å²) in [6, 6.07) is 0.480. The summed E-state index contributed by atoms with van der Waals surface area (Å²) in [5, 5.41) is 6.68. The number of carbonyl (C=O) groups is 1. The van der Waals surface area contributed by atoms with Crippen molar-refractivity contribution in [3.8, 4) is 0 Å². The Labute approximate surface area is 152 Å². The maximum Gasteiger partial charge on any atom is 0.223 e. The minimum atomic E-state index is 0. The zero-order chi connectivity index (χ0) is 15.7. The highest BCUT2D eigenvalue weighted by Crippen LogP contribution is 2.10. The van der Waals surface area contributed by atoms with E-state index in [0.717, 1.165) is 31.9 Å². The highest BCUT2D eigenvalue weighted by Gasteiger charge is 2.19. The Morgan fingerprint density at radius 3 is 2.45 bits per heavy atom. The van der Waals surface area contributed by atoms with Crippen molar-refractivity contribution >= 4 is 35.8 Å². The van der Waals surface area contributed by atoms with E-state index < -0.39 is 0 Å². The Balaban J connectivity index is 0.00000441. The van der Waals surface area contributed by atoms with Crippen LogP contribution in [0.15, 0.2) is 4.99 Å². The van der Waals surface area contributed by atoms with E-state index in [2.05, 4.69) is 27.4 Å². The second-order valence-corrected chi connectivity index (χ2v) is 5.80. The van der Waals surface area contributed by atoms with Crippen molar-refractivity contribution < 1.29 is 4.79 Å². The third-order valence-corrected chi connectivity index (χ3v) is 3.82. The van der Waals surface area contributed by atoms with E-state index in [1.165, 1.54) is 13.0 Å². The summed E-state index contributed by atoms with van der Waals surface area (Å²) in [6.45, 7) is 6.35. The fourth-order valence-electron chi connectivity index (χ4n) is 2.52. The smallest absolute Gasteiger partial charge is 0.223 e. The number of nitrogens with one attached hydrogen (secondary N) is 2. The summed E-state index contributed by atoms with van der Waals surface area (Å²) in [4.78, 5) is 19.9. The molecule has 0 atom stereocenters. The SMILES string of the molecule is CCCN1CCC(NC(=NC)NCCC(=O)N(C)C)CC1.I. The number of nitrogens with zero attached hydrogens (tertiary/aromatic N) is 3. The van der Waals surface area contributed by atoms with Crippen LogP contribution in [0.25, 0.3) is 0 Å². The zero-order valence-electron chi connectivity index (χ0n) is 14.4. The lowest BCUT2D eigenvalue weighted by Crippen LogP contribution is -2.49. The average Bonchev–Trinajstić information content (AvgIpc) is 2.48. The Hall–Kier alpha value is -0.570. The third kappa shape index (κ3) is 8.17. The highest BCUT2D eigenvalue weighted by atomic mass is 127. The summed E-state index contributed by atoms with van der Waals surface area (Å²) in [7, 11) is 5.33. The molecule has 0 aromatic heterocycles. The Morgan fingerprint density at radius 2 is 1.95 bits per heavy atom. The Kier molecular flexibility index (Phi) is 11.6. The molecule has 1 saturated heterocycles. The van der Waals surface area contributed by atoms with Crippen molar-refractivity contribution in [2.75, 3.05) is 47.3 Å². The molecule has 0 aromatic rings. The molecule has 1 aliphatic heterocycles. The van der Waals surface area contributed by atoms with Crippen molar-refractivity contribution in [1.82, 2.24) is 20.4 Å². The maximum atomic E-state index is 11.5. The molecule has 0 spiro atoms. The van der Waals surface area contributed by atoms with E-state index in [9.17, 15) is 4.79 Å². The quantitative estimate of drug-likeness (QED) is 0.381. The summed E-state index contributed by atoms with van der Waals surface area (Å²) in [6.07, 6.45) is 4.01. The first-order chi connectivity index (χ1) is 10.1. The van der Waals surface area contributed by atoms with Crippen LogP contribution in [-0.2, 0) is 4.79 Å². The molecular formula is C15H32IN5O. The van der Waals surface area contributed by atoms with Gasteiger partial charge in [0.15, 0.2) is 5.96 Å². The summed E-state index contributed by atoms with van der Waals surface area (Å²) >= 11 is 0. The molecule has 1 aliphatic rings. The van der Waals surface area contributed by atoms with Crippen molar-refractivity contribution in [3.63, 3.8) is 0 Å². The standard InChI is InChI=1S/C15H31N5O.HI/c1-5-10-20-11-7-13(8-12-20)18-15(16-2)17-9-6-14(21)19(3)4;/h13H,5-12H2,1-4H3,(H2,16,17,18);1H. The molecule has 0 radical (unpaired) electrons. The van der Waals surface area contributed by atoms with Gasteiger partial charge in [-0.05, 0) is 25.8 Å². The fraction of sp³-hybridized carbons (Fsp3) is 0.867. The molecule has 0 aromatic carbocycles. The summed E-state index contributed by atoms with van der Waals surface area (Å²) < 4.78 is 0. The highest BCUT2D eigenvalue weighted by molar-refractivity contribution is 14.0. The van der Waals surface area contributed by atoms with Crippen LogP contribution >= 0.6 is 24.0 Å². The van der Waals surface area contributed by atoms with Crippen LogP contribution < -0.4 is 10.6 Å². The normalized spacial score (nSPS) is 16.8. The van der Waals surface area contributed by atoms with Gasteiger partial charge in [0.2, 0.25) is 5.91 Å². The van der Waals surface area contributed by atoms with Crippen LogP contribution in [-0.4, -0.2) is 75.0 Å². The predicted molar refractivity (Wildman–Crippen MR) is 103 cm³/mol. The van der Waals surface area contributed by atoms with E-state index in [-0.39, 0.29) is 29.9 Å². The van der Waals surface area contributed by atoms with Gasteiger partial charge < -0.3 is 20.4 Å². The fourth-order valence-corrected chi connectivity index (χ4v) is 2.52. The number of rotatable bonds is 6. The lowest BCUT2D eigenvalue weighted by atomic mass is 10.1. The molecule has 1 amide bonds. The number of piperidine rings is 1. The number of aliphatic imine (C=N–C) groups is 1. The van der Waals surface area contributed by atoms with Crippen LogP contribution in [0.2, 0.25) is 0 Å². The molecule has 6 nitrogen and oxygen atoms in total. The molecule has 1 heterocycles. The zero-order valence-corrected chi connectivity index (χ0v) is 16.7. The minimum Gasteiger partial charge on any atom is -0.356 e. The monoisotopic (exact) mass is 425 g/mol. The van der Waals surface area contributed by atoms with E-state index >= 15 is 0 Å². The number of hydrogen-bond acceptors (Lipinski definition) is 3. The summed E-state index contributed by atoms with van der Waals surface area (Å²) in [5.74, 6) is 0.932. The van der Waals surface area contributed by atoms with Gasteiger partial charge in [0.25, 0.3) is 0 Å². The van der Waals surface area contributed by atoms with Crippen LogP contribution in [0.1, 0.15) is 32.6 Å². The molecule has 22 heavy (non-hydrogen) atoms. The molecule has 2 N–H and O–H groups in total. The number of halogens is 1. The third-order valence-electron chi connectivity index (χ3n) is 3.82. The molecule has 7 heteroatoms. The molecule has 0 aliphatic carbocycles. The van der Waals surface area contributed by atoms with Crippen LogP contribution in [0.3, 0.4) is 0 Å². The number of likely N-dealkylation sites (tertiary alicyclic amines) is 1. The van der Waals surface area contributed by atoms with Crippen molar-refractivity contribution in [3.05, 3.63) is 0 Å². The second-order valence-electron chi connectivity index (χ2n) is 5.80. The largest absolute Gasteiger partial charge is 0.356 e. The van der Waals surface area contributed by atoms with Crippen LogP contribution in [0.5, 0.6) is 0 Å². The van der Waals surface area contributed by atoms with Gasteiger partial charge in [0.05, 0.1) is 0 Å². The summed E-state index contributed by atoms with van der Waals surface area (Å²) in [5.41, 5.74) is 0. The predicted octanol–water partition coefficient (Wildman–Crippen LogP) is 1.12. The van der Waals surface area contributed by atoms with Gasteiger partial charge in [-0.15, -0.1) is 24.0 Å². The van der Waals surface area contributed by atoms with Crippen molar-refractivity contribution in [2.45, 2.75) is 38.6 Å². The van der Waals surface area contributed by atoms with E-state index in [0.29, 0.717) is 19.0 Å². The molecule has 1 fully saturated rings. The van der Waals surface area contributed by atoms with Crippen molar-refractivity contribution in [1.29, 1.82) is 0 Å². The second kappa shape index (κ2) is 11.9. The number of amides is 1. The average molecular weight is 425 g/mol. The molecule has 1 rings (SSSR count). The number of hydrogen-bond donors (Lipinski definition) is 2. The lowest BCUT2D eigenvalue weighted by molar-refractivity contribution is -0.128. The Morgan fingerprint density at radius 1 is 1.32 bits per heavy atom. The van der Waals surface area contributed by atoms with Gasteiger partial charge in [-0.3, -0.25) is 9.79 Å². The topological polar surface area (TPSA) is 60.0 Å². The first kappa shape index (κ1) is 21.4. The molecule has 0 saturated carbocycles. The van der Waals surface area contributed by atoms with Crippen LogP contribution in [0, 0.1) is 0 Å². The van der Waals surface area contributed by atoms with Gasteiger partial charge in [0.1, 0.15) is 0 Å². The van der Waals surface area contributed by atoms with Gasteiger partial charge in [0, 0.05) is 53.2 Å². The van der Waals surface area contributed by atoms with Gasteiger partial charge in [-0.2, -0.15) is 0 Å². The first-order valence-electron chi connectivity index (χ1n) is 7.96. The lowest BCUT2D eigenvalue weighted by Gasteiger charge is -2.32. The molecule has 130 valence electrons. The minimum absolute atomic E-state index is 0. The molecule has 0 bridgehead atoms. The van der Waals surface area contributed by atoms with Gasteiger partial charge >= 0.3 is 0 Å². The molecule has 0 unspecified atom stereocenters. The first-order valence-corrected chi connectivity index (χ1v) is 7.96. The maximum absolute atomic E-state index is 11.5. The van der Waals surface area contributed by atoms with Crippen LogP contribution in [0.4, 0.5) is 0 Å². The molecular weight excluding hydrogens is 393 g/mol. The van der Waals surface area contributed by atoms with E-state index in [4.69, 9.17) is 0 Å². The van der Waals surface area contributed by atoms with E-state index in [1.807, 2.05) is 0 Å².